The second kappa shape index (κ2) is 9.36. The van der Waals surface area contributed by atoms with Crippen LogP contribution in [0.5, 0.6) is 0 Å². The molecule has 7 rings (SSSR count). The normalized spacial score (nSPS) is 20.1. The van der Waals surface area contributed by atoms with Crippen molar-refractivity contribution < 1.29 is 0 Å². The molecule has 0 spiro atoms. The molecule has 194 valence electrons. The zero-order valence-electron chi connectivity index (χ0n) is 22.7. The first kappa shape index (κ1) is 23.6. The average molecular weight is 503 g/mol. The third-order valence-electron chi connectivity index (χ3n) is 9.46. The van der Waals surface area contributed by atoms with Gasteiger partial charge >= 0.3 is 0 Å². The standard InChI is InChI=1S/C34H38N4/c1-35-24-30(28-12-6-8-14-32(28)35)34(31-25-36(2)33-15-9-7-13-29(31)33)17-20-37(21-18-34)22-26-16-19-38(23-26)27-10-4-3-5-11-27/h3-15,24-26H,16-23H2,1-2H3/t26-/m1/s1. The molecule has 2 aliphatic heterocycles. The Bertz CT molecular complexity index is 1490. The molecule has 4 nitrogen and oxygen atoms in total. The van der Waals surface area contributed by atoms with Crippen molar-refractivity contribution in [2.24, 2.45) is 20.0 Å². The molecule has 3 aromatic carbocycles. The second-order valence-electron chi connectivity index (χ2n) is 11.7. The zero-order valence-corrected chi connectivity index (χ0v) is 22.7. The molecule has 38 heavy (non-hydrogen) atoms. The number of hydrogen-bond acceptors (Lipinski definition) is 2. The van der Waals surface area contributed by atoms with E-state index in [1.54, 1.807) is 0 Å². The van der Waals surface area contributed by atoms with Crippen molar-refractivity contribution in [3.8, 4) is 0 Å². The van der Waals surface area contributed by atoms with Crippen molar-refractivity contribution in [2.75, 3.05) is 37.6 Å². The van der Waals surface area contributed by atoms with Gasteiger partial charge in [-0.15, -0.1) is 0 Å². The van der Waals surface area contributed by atoms with Crippen LogP contribution in [0, 0.1) is 5.92 Å². The predicted molar refractivity (Wildman–Crippen MR) is 159 cm³/mol. The second-order valence-corrected chi connectivity index (χ2v) is 11.7. The molecular weight excluding hydrogens is 464 g/mol. The molecule has 0 N–H and O–H groups in total. The minimum atomic E-state index is 0.0178. The van der Waals surface area contributed by atoms with Gasteiger partial charge < -0.3 is 18.9 Å². The lowest BCUT2D eigenvalue weighted by atomic mass is 9.67. The summed E-state index contributed by atoms with van der Waals surface area (Å²) in [6.07, 6.45) is 8.46. The first-order valence-corrected chi connectivity index (χ1v) is 14.2. The van der Waals surface area contributed by atoms with Crippen LogP contribution in [0.3, 0.4) is 0 Å². The van der Waals surface area contributed by atoms with Gasteiger partial charge in [-0.05, 0) is 73.7 Å². The van der Waals surface area contributed by atoms with Gasteiger partial charge in [-0.2, -0.15) is 0 Å². The number of hydrogen-bond donors (Lipinski definition) is 0. The minimum Gasteiger partial charge on any atom is -0.371 e. The van der Waals surface area contributed by atoms with Crippen LogP contribution in [-0.4, -0.2) is 46.8 Å². The number of rotatable bonds is 5. The van der Waals surface area contributed by atoms with Crippen LogP contribution in [0.4, 0.5) is 5.69 Å². The summed E-state index contributed by atoms with van der Waals surface area (Å²) in [6, 6.07) is 28.9. The lowest BCUT2D eigenvalue weighted by Gasteiger charge is -2.43. The predicted octanol–water partition coefficient (Wildman–Crippen LogP) is 6.58. The van der Waals surface area contributed by atoms with Gasteiger partial charge in [-0.3, -0.25) is 0 Å². The Balaban J connectivity index is 1.20. The number of fused-ring (bicyclic) bond motifs is 2. The molecule has 2 aliphatic rings. The van der Waals surface area contributed by atoms with Gasteiger partial charge in [0.25, 0.3) is 0 Å². The van der Waals surface area contributed by atoms with E-state index in [1.807, 2.05) is 0 Å². The molecule has 0 radical (unpaired) electrons. The topological polar surface area (TPSA) is 16.3 Å². The molecule has 0 aliphatic carbocycles. The molecule has 5 aromatic rings. The third kappa shape index (κ3) is 3.85. The summed E-state index contributed by atoms with van der Waals surface area (Å²) >= 11 is 0. The number of aromatic nitrogens is 2. The van der Waals surface area contributed by atoms with E-state index in [4.69, 9.17) is 0 Å². The fourth-order valence-electron chi connectivity index (χ4n) is 7.47. The van der Waals surface area contributed by atoms with Crippen LogP contribution in [0.25, 0.3) is 21.8 Å². The monoisotopic (exact) mass is 502 g/mol. The van der Waals surface area contributed by atoms with Gasteiger partial charge in [0.2, 0.25) is 0 Å². The SMILES string of the molecule is Cn1cc(C2(c3cn(C)c4ccccc34)CCN(C[C@H]3CCN(c4ccccc4)C3)CC2)c2ccccc21. The molecule has 2 aromatic heterocycles. The molecule has 0 saturated carbocycles. The highest BCUT2D eigenvalue weighted by atomic mass is 15.2. The van der Waals surface area contributed by atoms with E-state index in [0.717, 1.165) is 31.8 Å². The van der Waals surface area contributed by atoms with E-state index in [-0.39, 0.29) is 5.41 Å². The number of anilines is 1. The molecular formula is C34H38N4. The summed E-state index contributed by atoms with van der Waals surface area (Å²) in [5.74, 6) is 0.748. The maximum Gasteiger partial charge on any atom is 0.0480 e. The number of piperidine rings is 1. The molecule has 4 heteroatoms. The molecule has 0 bridgehead atoms. The van der Waals surface area contributed by atoms with Gasteiger partial charge in [0, 0.05) is 79.0 Å². The van der Waals surface area contributed by atoms with Crippen molar-refractivity contribution in [3.05, 3.63) is 102 Å². The number of para-hydroxylation sites is 3. The van der Waals surface area contributed by atoms with Crippen LogP contribution in [0.15, 0.2) is 91.3 Å². The Morgan fingerprint density at radius 1 is 0.684 bits per heavy atom. The highest BCUT2D eigenvalue weighted by Crippen LogP contribution is 2.48. The van der Waals surface area contributed by atoms with Crippen LogP contribution in [0.2, 0.25) is 0 Å². The summed E-state index contributed by atoms with van der Waals surface area (Å²) in [4.78, 5) is 5.33. The van der Waals surface area contributed by atoms with Gasteiger partial charge in [-0.25, -0.2) is 0 Å². The van der Waals surface area contributed by atoms with Crippen molar-refractivity contribution in [1.29, 1.82) is 0 Å². The largest absolute Gasteiger partial charge is 0.371 e. The maximum absolute atomic E-state index is 2.76. The van der Waals surface area contributed by atoms with Crippen molar-refractivity contribution in [3.63, 3.8) is 0 Å². The summed E-state index contributed by atoms with van der Waals surface area (Å²) < 4.78 is 4.67. The molecule has 0 unspecified atom stereocenters. The maximum atomic E-state index is 2.76. The minimum absolute atomic E-state index is 0.0178. The lowest BCUT2D eigenvalue weighted by molar-refractivity contribution is 0.161. The Hall–Kier alpha value is -3.50. The van der Waals surface area contributed by atoms with E-state index in [2.05, 4.69) is 124 Å². The van der Waals surface area contributed by atoms with E-state index in [0.29, 0.717) is 0 Å². The van der Waals surface area contributed by atoms with Crippen LogP contribution < -0.4 is 4.90 Å². The smallest absolute Gasteiger partial charge is 0.0480 e. The Morgan fingerprint density at radius 2 is 1.24 bits per heavy atom. The quantitative estimate of drug-likeness (QED) is 0.270. The van der Waals surface area contributed by atoms with E-state index >= 15 is 0 Å². The summed E-state index contributed by atoms with van der Waals surface area (Å²) in [7, 11) is 4.41. The van der Waals surface area contributed by atoms with E-state index in [9.17, 15) is 0 Å². The Kier molecular flexibility index (Phi) is 5.81. The first-order chi connectivity index (χ1) is 18.6. The van der Waals surface area contributed by atoms with E-state index in [1.165, 1.54) is 64.7 Å². The van der Waals surface area contributed by atoms with Gasteiger partial charge in [0.05, 0.1) is 0 Å². The highest BCUT2D eigenvalue weighted by Gasteiger charge is 2.42. The summed E-state index contributed by atoms with van der Waals surface area (Å²) in [5, 5.41) is 2.82. The van der Waals surface area contributed by atoms with Crippen molar-refractivity contribution in [1.82, 2.24) is 14.0 Å². The van der Waals surface area contributed by atoms with Gasteiger partial charge in [0.1, 0.15) is 0 Å². The Labute approximate surface area is 226 Å². The number of benzene rings is 3. The van der Waals surface area contributed by atoms with Crippen LogP contribution >= 0.6 is 0 Å². The van der Waals surface area contributed by atoms with E-state index < -0.39 is 0 Å². The fraction of sp³-hybridized carbons (Fsp3) is 0.353. The molecule has 4 heterocycles. The first-order valence-electron chi connectivity index (χ1n) is 14.2. The molecule has 0 amide bonds. The van der Waals surface area contributed by atoms with Crippen molar-refractivity contribution in [2.45, 2.75) is 24.7 Å². The third-order valence-corrected chi connectivity index (χ3v) is 9.46. The summed E-state index contributed by atoms with van der Waals surface area (Å²) in [6.45, 7) is 5.86. The number of likely N-dealkylation sites (tertiary alicyclic amines) is 1. The van der Waals surface area contributed by atoms with Gasteiger partial charge in [-0.1, -0.05) is 54.6 Å². The molecule has 2 saturated heterocycles. The zero-order chi connectivity index (χ0) is 25.7. The number of nitrogens with zero attached hydrogens (tertiary/aromatic N) is 4. The summed E-state index contributed by atoms with van der Waals surface area (Å²) in [5.41, 5.74) is 7.06. The van der Waals surface area contributed by atoms with Crippen molar-refractivity contribution >= 4 is 27.5 Å². The average Bonchev–Trinajstić information content (AvgIpc) is 3.67. The molecule has 2 fully saturated rings. The fourth-order valence-corrected chi connectivity index (χ4v) is 7.47. The Morgan fingerprint density at radius 3 is 1.84 bits per heavy atom. The number of aryl methyl sites for hydroxylation is 2. The lowest BCUT2D eigenvalue weighted by Crippen LogP contribution is -2.45. The highest BCUT2D eigenvalue weighted by molar-refractivity contribution is 5.90. The molecule has 1 atom stereocenters. The van der Waals surface area contributed by atoms with Crippen LogP contribution in [0.1, 0.15) is 30.4 Å². The van der Waals surface area contributed by atoms with Gasteiger partial charge in [0.15, 0.2) is 0 Å². The van der Waals surface area contributed by atoms with Crippen LogP contribution in [-0.2, 0) is 19.5 Å².